The Balaban J connectivity index is 2.63. The highest BCUT2D eigenvalue weighted by atomic mass is 19.3. The van der Waals surface area contributed by atoms with Crippen LogP contribution in [0, 0.1) is 11.6 Å². The van der Waals surface area contributed by atoms with Crippen molar-refractivity contribution in [3.8, 4) is 0 Å². The molecule has 1 aromatic carbocycles. The molecule has 18 heavy (non-hydrogen) atoms. The van der Waals surface area contributed by atoms with Gasteiger partial charge in [0.05, 0.1) is 11.1 Å². The molecular weight excluding hydrogens is 248 g/mol. The second kappa shape index (κ2) is 3.85. The van der Waals surface area contributed by atoms with Crippen LogP contribution in [0.15, 0.2) is 12.1 Å². The molecule has 0 bridgehead atoms. The van der Waals surface area contributed by atoms with Crippen molar-refractivity contribution in [1.29, 1.82) is 0 Å². The van der Waals surface area contributed by atoms with Gasteiger partial charge in [-0.15, -0.1) is 0 Å². The standard InChI is InChI=1S/C12H14F4N2/c1-18(2)10-7(3-4-8(13)9(10)14)11(6-17)5-12(11,15)16/h3-4H,5-6,17H2,1-2H3. The van der Waals surface area contributed by atoms with E-state index in [1.807, 2.05) is 0 Å². The van der Waals surface area contributed by atoms with Crippen LogP contribution in [-0.4, -0.2) is 26.6 Å². The van der Waals surface area contributed by atoms with Gasteiger partial charge in [0.2, 0.25) is 0 Å². The molecule has 0 heterocycles. The lowest BCUT2D eigenvalue weighted by molar-refractivity contribution is 0.0896. The topological polar surface area (TPSA) is 29.3 Å². The zero-order chi connectivity index (χ0) is 13.7. The Morgan fingerprint density at radius 3 is 2.22 bits per heavy atom. The van der Waals surface area contributed by atoms with E-state index in [0.717, 1.165) is 6.07 Å². The second-order valence-electron chi connectivity index (χ2n) is 4.82. The predicted molar refractivity (Wildman–Crippen MR) is 61.0 cm³/mol. The highest BCUT2D eigenvalue weighted by molar-refractivity contribution is 5.61. The molecule has 1 aliphatic carbocycles. The number of nitrogens with zero attached hydrogens (tertiary/aromatic N) is 1. The molecule has 6 heteroatoms. The van der Waals surface area contributed by atoms with Crippen LogP contribution in [-0.2, 0) is 5.41 Å². The first-order valence-electron chi connectivity index (χ1n) is 5.50. The number of rotatable bonds is 3. The van der Waals surface area contributed by atoms with Gasteiger partial charge < -0.3 is 10.6 Å². The van der Waals surface area contributed by atoms with E-state index in [9.17, 15) is 17.6 Å². The number of halogens is 4. The van der Waals surface area contributed by atoms with E-state index in [2.05, 4.69) is 0 Å². The van der Waals surface area contributed by atoms with Crippen molar-refractivity contribution in [2.75, 3.05) is 25.5 Å². The molecule has 0 aromatic heterocycles. The smallest absolute Gasteiger partial charge is 0.260 e. The lowest BCUT2D eigenvalue weighted by Crippen LogP contribution is -2.29. The third-order valence-electron chi connectivity index (χ3n) is 3.48. The van der Waals surface area contributed by atoms with Crippen LogP contribution in [0.2, 0.25) is 0 Å². The SMILES string of the molecule is CN(C)c1c(C2(CN)CC2(F)F)ccc(F)c1F. The number of alkyl halides is 2. The first-order valence-corrected chi connectivity index (χ1v) is 5.50. The zero-order valence-electron chi connectivity index (χ0n) is 10.1. The van der Waals surface area contributed by atoms with E-state index in [0.29, 0.717) is 0 Å². The molecule has 2 rings (SSSR count). The van der Waals surface area contributed by atoms with E-state index in [1.54, 1.807) is 0 Å². The van der Waals surface area contributed by atoms with Crippen LogP contribution < -0.4 is 10.6 Å². The Morgan fingerprint density at radius 1 is 1.28 bits per heavy atom. The summed E-state index contributed by atoms with van der Waals surface area (Å²) in [6.45, 7) is -0.300. The molecule has 0 saturated heterocycles. The van der Waals surface area contributed by atoms with E-state index in [4.69, 9.17) is 5.73 Å². The molecule has 1 atom stereocenters. The summed E-state index contributed by atoms with van der Waals surface area (Å²) >= 11 is 0. The van der Waals surface area contributed by atoms with Crippen LogP contribution in [0.5, 0.6) is 0 Å². The van der Waals surface area contributed by atoms with Gasteiger partial charge in [-0.05, 0) is 11.6 Å². The van der Waals surface area contributed by atoms with Gasteiger partial charge in [0.25, 0.3) is 5.92 Å². The van der Waals surface area contributed by atoms with Crippen molar-refractivity contribution in [2.24, 2.45) is 5.73 Å². The molecule has 2 N–H and O–H groups in total. The molecule has 1 saturated carbocycles. The van der Waals surface area contributed by atoms with Gasteiger partial charge in [0.1, 0.15) is 0 Å². The summed E-state index contributed by atoms with van der Waals surface area (Å²) in [4.78, 5) is 1.29. The molecule has 1 aliphatic rings. The molecular formula is C12H14F4N2. The van der Waals surface area contributed by atoms with Crippen LogP contribution in [0.3, 0.4) is 0 Å². The highest BCUT2D eigenvalue weighted by Gasteiger charge is 2.72. The van der Waals surface area contributed by atoms with Crippen molar-refractivity contribution >= 4 is 5.69 Å². The maximum absolute atomic E-state index is 13.8. The molecule has 0 spiro atoms. The maximum Gasteiger partial charge on any atom is 0.260 e. The summed E-state index contributed by atoms with van der Waals surface area (Å²) in [5.41, 5.74) is 3.76. The Labute approximate surface area is 102 Å². The first-order chi connectivity index (χ1) is 8.27. The van der Waals surface area contributed by atoms with Gasteiger partial charge in [0.15, 0.2) is 11.6 Å². The van der Waals surface area contributed by atoms with Gasteiger partial charge >= 0.3 is 0 Å². The molecule has 1 aromatic rings. The molecule has 100 valence electrons. The summed E-state index contributed by atoms with van der Waals surface area (Å²) in [6.07, 6.45) is -0.428. The average Bonchev–Trinajstić information content (AvgIpc) is 2.85. The summed E-state index contributed by atoms with van der Waals surface area (Å²) in [7, 11) is 2.96. The monoisotopic (exact) mass is 262 g/mol. The molecule has 2 nitrogen and oxygen atoms in total. The minimum Gasteiger partial charge on any atom is -0.375 e. The number of anilines is 1. The fourth-order valence-electron chi connectivity index (χ4n) is 2.32. The van der Waals surface area contributed by atoms with Crippen molar-refractivity contribution in [3.63, 3.8) is 0 Å². The van der Waals surface area contributed by atoms with E-state index < -0.39 is 29.4 Å². The van der Waals surface area contributed by atoms with Crippen molar-refractivity contribution in [2.45, 2.75) is 17.8 Å². The molecule has 0 radical (unpaired) electrons. The van der Waals surface area contributed by atoms with E-state index in [-0.39, 0.29) is 17.8 Å². The fraction of sp³-hybridized carbons (Fsp3) is 0.500. The van der Waals surface area contributed by atoms with Crippen LogP contribution in [0.25, 0.3) is 0 Å². The van der Waals surface area contributed by atoms with Gasteiger partial charge in [-0.2, -0.15) is 0 Å². The quantitative estimate of drug-likeness (QED) is 0.847. The first kappa shape index (κ1) is 13.1. The summed E-state index contributed by atoms with van der Waals surface area (Å²) < 4.78 is 54.0. The normalized spacial score (nSPS) is 25.1. The van der Waals surface area contributed by atoms with Gasteiger partial charge in [-0.25, -0.2) is 17.6 Å². The highest BCUT2D eigenvalue weighted by Crippen LogP contribution is 2.62. The van der Waals surface area contributed by atoms with Gasteiger partial charge in [-0.1, -0.05) is 6.07 Å². The molecule has 0 amide bonds. The van der Waals surface area contributed by atoms with Crippen molar-refractivity contribution < 1.29 is 17.6 Å². The predicted octanol–water partition coefficient (Wildman–Crippen LogP) is 2.27. The minimum absolute atomic E-state index is 0.0684. The third-order valence-corrected chi connectivity index (χ3v) is 3.48. The summed E-state index contributed by atoms with van der Waals surface area (Å²) in [5, 5.41) is 0. The largest absolute Gasteiger partial charge is 0.375 e. The third kappa shape index (κ3) is 1.59. The molecule has 0 aliphatic heterocycles. The van der Waals surface area contributed by atoms with E-state index >= 15 is 0 Å². The Kier molecular flexibility index (Phi) is 2.81. The Hall–Kier alpha value is -1.30. The minimum atomic E-state index is -2.96. The van der Waals surface area contributed by atoms with Gasteiger partial charge in [-0.3, -0.25) is 0 Å². The number of nitrogens with two attached hydrogens (primary N) is 1. The maximum atomic E-state index is 13.8. The van der Waals surface area contributed by atoms with Gasteiger partial charge in [0, 0.05) is 27.1 Å². The lowest BCUT2D eigenvalue weighted by atomic mass is 9.92. The Bertz CT molecular complexity index is 487. The van der Waals surface area contributed by atoms with Crippen LogP contribution >= 0.6 is 0 Å². The number of hydrogen-bond acceptors (Lipinski definition) is 2. The van der Waals surface area contributed by atoms with Crippen molar-refractivity contribution in [1.82, 2.24) is 0 Å². The Morgan fingerprint density at radius 2 is 1.83 bits per heavy atom. The van der Waals surface area contributed by atoms with E-state index in [1.165, 1.54) is 25.1 Å². The zero-order valence-corrected chi connectivity index (χ0v) is 10.1. The second-order valence-corrected chi connectivity index (χ2v) is 4.82. The average molecular weight is 262 g/mol. The molecule has 1 unspecified atom stereocenters. The summed E-state index contributed by atoms with van der Waals surface area (Å²) in [5.74, 6) is -5.14. The number of hydrogen-bond donors (Lipinski definition) is 1. The van der Waals surface area contributed by atoms with Crippen molar-refractivity contribution in [3.05, 3.63) is 29.3 Å². The number of benzene rings is 1. The lowest BCUT2D eigenvalue weighted by Gasteiger charge is -2.24. The fourth-order valence-corrected chi connectivity index (χ4v) is 2.32. The van der Waals surface area contributed by atoms with Crippen LogP contribution in [0.1, 0.15) is 12.0 Å². The summed E-state index contributed by atoms with van der Waals surface area (Å²) in [6, 6.07) is 2.06. The molecule has 1 fully saturated rings. The van der Waals surface area contributed by atoms with Crippen LogP contribution in [0.4, 0.5) is 23.2 Å².